The van der Waals surface area contributed by atoms with Crippen LogP contribution in [0.2, 0.25) is 0 Å². The second-order valence-electron chi connectivity index (χ2n) is 6.73. The number of phenols is 1. The average Bonchev–Trinajstić information content (AvgIpc) is 3.12. The Labute approximate surface area is 156 Å². The summed E-state index contributed by atoms with van der Waals surface area (Å²) >= 11 is 0. The predicted octanol–water partition coefficient (Wildman–Crippen LogP) is 3.91. The van der Waals surface area contributed by atoms with Crippen molar-refractivity contribution in [1.29, 1.82) is 0 Å². The van der Waals surface area contributed by atoms with Gasteiger partial charge in [-0.05, 0) is 41.3 Å². The number of nitrogens with zero attached hydrogens (tertiary/aromatic N) is 1. The van der Waals surface area contributed by atoms with Gasteiger partial charge in [-0.15, -0.1) is 0 Å². The van der Waals surface area contributed by atoms with E-state index in [2.05, 4.69) is 4.90 Å². The molecule has 3 aromatic carbocycles. The monoisotopic (exact) mass is 365 g/mol. The molecule has 0 fully saturated rings. The van der Waals surface area contributed by atoms with Crippen LogP contribution in [0.5, 0.6) is 28.7 Å². The Hall–Kier alpha value is -3.28. The largest absolute Gasteiger partial charge is 0.507 e. The lowest BCUT2D eigenvalue weighted by molar-refractivity contribution is 0.174. The van der Waals surface area contributed by atoms with E-state index in [-0.39, 0.29) is 12.5 Å². The van der Waals surface area contributed by atoms with Gasteiger partial charge in [-0.2, -0.15) is 0 Å². The van der Waals surface area contributed by atoms with Crippen LogP contribution in [0.15, 0.2) is 30.3 Å². The first-order chi connectivity index (χ1) is 13.1. The molecule has 138 valence electrons. The quantitative estimate of drug-likeness (QED) is 0.743. The maximum Gasteiger partial charge on any atom is 0.231 e. The number of fused-ring (bicyclic) bond motifs is 6. The van der Waals surface area contributed by atoms with Gasteiger partial charge in [-0.1, -0.05) is 0 Å². The third kappa shape index (κ3) is 2.13. The molecular weight excluding hydrogens is 346 g/mol. The second-order valence-corrected chi connectivity index (χ2v) is 6.73. The molecule has 27 heavy (non-hydrogen) atoms. The molecule has 0 atom stereocenters. The zero-order valence-electron chi connectivity index (χ0n) is 15.3. The summed E-state index contributed by atoms with van der Waals surface area (Å²) in [4.78, 5) is 2.11. The van der Waals surface area contributed by atoms with Crippen molar-refractivity contribution in [3.05, 3.63) is 35.9 Å². The molecule has 2 aliphatic rings. The van der Waals surface area contributed by atoms with E-state index < -0.39 is 0 Å². The first kappa shape index (κ1) is 15.9. The molecule has 5 rings (SSSR count). The summed E-state index contributed by atoms with van der Waals surface area (Å²) in [5.74, 6) is 3.01. The molecule has 0 saturated carbocycles. The van der Waals surface area contributed by atoms with Gasteiger partial charge < -0.3 is 29.0 Å². The van der Waals surface area contributed by atoms with Crippen molar-refractivity contribution < 1.29 is 24.1 Å². The van der Waals surface area contributed by atoms with Crippen molar-refractivity contribution in [3.63, 3.8) is 0 Å². The SMILES string of the molecule is COc1ccc2c(c1OC)CN(C)c1c-2c(O)cc2cc3c(cc12)OCO3. The number of rotatable bonds is 2. The second kappa shape index (κ2) is 5.61. The highest BCUT2D eigenvalue weighted by molar-refractivity contribution is 6.07. The fraction of sp³-hybridized carbons (Fsp3) is 0.238. The minimum atomic E-state index is 0.218. The number of phenolic OH excluding ortho intramolecular Hbond substituents is 1. The number of anilines is 1. The Kier molecular flexibility index (Phi) is 3.31. The van der Waals surface area contributed by atoms with Crippen LogP contribution in [0.4, 0.5) is 5.69 Å². The fourth-order valence-electron chi connectivity index (χ4n) is 4.12. The first-order valence-electron chi connectivity index (χ1n) is 8.67. The standard InChI is InChI=1S/C21H19NO5/c1-22-9-14-12(4-5-16(24-2)21(14)25-3)19-15(23)6-11-7-17-18(27-10-26-17)8-13(11)20(19)22/h4-8,23H,9-10H2,1-3H3. The average molecular weight is 365 g/mol. The Morgan fingerprint density at radius 3 is 2.56 bits per heavy atom. The summed E-state index contributed by atoms with van der Waals surface area (Å²) in [6.45, 7) is 0.852. The third-order valence-electron chi connectivity index (χ3n) is 5.28. The van der Waals surface area contributed by atoms with Crippen molar-refractivity contribution in [2.24, 2.45) is 0 Å². The normalized spacial score (nSPS) is 14.1. The molecule has 0 aromatic heterocycles. The summed E-state index contributed by atoms with van der Waals surface area (Å²) in [6, 6.07) is 9.51. The van der Waals surface area contributed by atoms with Gasteiger partial charge in [-0.3, -0.25) is 0 Å². The lowest BCUT2D eigenvalue weighted by Crippen LogP contribution is -2.22. The molecule has 3 aromatic rings. The lowest BCUT2D eigenvalue weighted by Gasteiger charge is -2.32. The molecule has 6 heteroatoms. The van der Waals surface area contributed by atoms with Gasteiger partial charge in [0.1, 0.15) is 5.75 Å². The highest BCUT2D eigenvalue weighted by Gasteiger charge is 2.30. The molecule has 0 amide bonds. The zero-order valence-corrected chi connectivity index (χ0v) is 15.3. The van der Waals surface area contributed by atoms with E-state index >= 15 is 0 Å². The summed E-state index contributed by atoms with van der Waals surface area (Å²) in [5, 5.41) is 12.8. The van der Waals surface area contributed by atoms with Crippen LogP contribution in [-0.4, -0.2) is 33.2 Å². The van der Waals surface area contributed by atoms with Crippen LogP contribution >= 0.6 is 0 Å². The smallest absolute Gasteiger partial charge is 0.231 e. The highest BCUT2D eigenvalue weighted by Crippen LogP contribution is 2.53. The van der Waals surface area contributed by atoms with E-state index in [4.69, 9.17) is 18.9 Å². The van der Waals surface area contributed by atoms with Gasteiger partial charge in [-0.25, -0.2) is 0 Å². The number of hydrogen-bond acceptors (Lipinski definition) is 6. The fourth-order valence-corrected chi connectivity index (χ4v) is 4.12. The molecule has 0 radical (unpaired) electrons. The molecule has 2 heterocycles. The van der Waals surface area contributed by atoms with Crippen molar-refractivity contribution in [3.8, 4) is 39.9 Å². The van der Waals surface area contributed by atoms with Crippen LogP contribution in [0.3, 0.4) is 0 Å². The van der Waals surface area contributed by atoms with E-state index in [9.17, 15) is 5.11 Å². The predicted molar refractivity (Wildman–Crippen MR) is 102 cm³/mol. The highest BCUT2D eigenvalue weighted by atomic mass is 16.7. The lowest BCUT2D eigenvalue weighted by atomic mass is 9.89. The zero-order chi connectivity index (χ0) is 18.7. The Balaban J connectivity index is 1.85. The van der Waals surface area contributed by atoms with Crippen molar-refractivity contribution in [1.82, 2.24) is 0 Å². The van der Waals surface area contributed by atoms with Crippen molar-refractivity contribution in [2.45, 2.75) is 6.54 Å². The molecule has 2 aliphatic heterocycles. The summed E-state index contributed by atoms with van der Waals surface area (Å²) < 4.78 is 22.1. The molecule has 0 spiro atoms. The van der Waals surface area contributed by atoms with Crippen LogP contribution in [-0.2, 0) is 6.54 Å². The Bertz CT molecular complexity index is 1090. The van der Waals surface area contributed by atoms with Gasteiger partial charge >= 0.3 is 0 Å². The Morgan fingerprint density at radius 2 is 1.81 bits per heavy atom. The molecule has 0 aliphatic carbocycles. The van der Waals surface area contributed by atoms with E-state index in [1.54, 1.807) is 20.3 Å². The minimum Gasteiger partial charge on any atom is -0.507 e. The maximum absolute atomic E-state index is 10.9. The minimum absolute atomic E-state index is 0.218. The summed E-state index contributed by atoms with van der Waals surface area (Å²) in [6.07, 6.45) is 0. The van der Waals surface area contributed by atoms with Crippen LogP contribution in [0.25, 0.3) is 21.9 Å². The van der Waals surface area contributed by atoms with Gasteiger partial charge in [0.25, 0.3) is 0 Å². The molecular formula is C21H19NO5. The van der Waals surface area contributed by atoms with Crippen molar-refractivity contribution >= 4 is 16.5 Å². The van der Waals surface area contributed by atoms with Gasteiger partial charge in [0, 0.05) is 30.1 Å². The molecule has 0 bridgehead atoms. The van der Waals surface area contributed by atoms with E-state index in [0.29, 0.717) is 23.8 Å². The number of ether oxygens (including phenoxy) is 4. The third-order valence-corrected chi connectivity index (χ3v) is 5.28. The van der Waals surface area contributed by atoms with Crippen LogP contribution in [0, 0.1) is 0 Å². The number of benzene rings is 3. The van der Waals surface area contributed by atoms with Crippen LogP contribution < -0.4 is 23.8 Å². The molecule has 1 N–H and O–H groups in total. The number of hydrogen-bond donors (Lipinski definition) is 1. The molecule has 0 unspecified atom stereocenters. The molecule has 6 nitrogen and oxygen atoms in total. The van der Waals surface area contributed by atoms with Crippen LogP contribution in [0.1, 0.15) is 5.56 Å². The first-order valence-corrected chi connectivity index (χ1v) is 8.67. The van der Waals surface area contributed by atoms with Gasteiger partial charge in [0.2, 0.25) is 6.79 Å². The number of aromatic hydroxyl groups is 1. The van der Waals surface area contributed by atoms with E-state index in [1.807, 2.05) is 31.3 Å². The van der Waals surface area contributed by atoms with E-state index in [1.165, 1.54) is 0 Å². The van der Waals surface area contributed by atoms with Gasteiger partial charge in [0.15, 0.2) is 23.0 Å². The Morgan fingerprint density at radius 1 is 1.04 bits per heavy atom. The summed E-state index contributed by atoms with van der Waals surface area (Å²) in [7, 11) is 5.26. The van der Waals surface area contributed by atoms with E-state index in [0.717, 1.165) is 38.9 Å². The summed E-state index contributed by atoms with van der Waals surface area (Å²) in [5.41, 5.74) is 3.68. The van der Waals surface area contributed by atoms with Gasteiger partial charge in [0.05, 0.1) is 19.9 Å². The topological polar surface area (TPSA) is 60.4 Å². The molecule has 0 saturated heterocycles. The van der Waals surface area contributed by atoms with Crippen molar-refractivity contribution in [2.75, 3.05) is 33.0 Å². The maximum atomic E-state index is 10.9. The number of methoxy groups -OCH3 is 2.